The predicted octanol–water partition coefficient (Wildman–Crippen LogP) is 5.71. The van der Waals surface area contributed by atoms with Gasteiger partial charge < -0.3 is 5.32 Å². The van der Waals surface area contributed by atoms with E-state index in [2.05, 4.69) is 28.2 Å². The Hall–Kier alpha value is -1.82. The summed E-state index contributed by atoms with van der Waals surface area (Å²) in [5.41, 5.74) is 4.36. The molecule has 1 aliphatic rings. The van der Waals surface area contributed by atoms with Crippen LogP contribution in [0.1, 0.15) is 47.2 Å². The molecule has 1 aliphatic carbocycles. The van der Waals surface area contributed by atoms with Crippen LogP contribution in [0.25, 0.3) is 11.1 Å². The van der Waals surface area contributed by atoms with Gasteiger partial charge in [-0.2, -0.15) is 13.2 Å². The fourth-order valence-corrected chi connectivity index (χ4v) is 4.39. The quantitative estimate of drug-likeness (QED) is 0.610. The number of rotatable bonds is 5. The molecule has 0 spiro atoms. The van der Waals surface area contributed by atoms with Gasteiger partial charge in [-0.15, -0.1) is 0 Å². The van der Waals surface area contributed by atoms with Crippen molar-refractivity contribution < 1.29 is 18.0 Å². The van der Waals surface area contributed by atoms with Crippen LogP contribution in [-0.4, -0.2) is 18.6 Å². The summed E-state index contributed by atoms with van der Waals surface area (Å²) in [5, 5.41) is 2.07. The fourth-order valence-electron chi connectivity index (χ4n) is 3.53. The molecule has 0 radical (unpaired) electrons. The van der Waals surface area contributed by atoms with Crippen LogP contribution in [0.2, 0.25) is 0 Å². The fraction of sp³-hybridized carbons (Fsp3) is 0.350. The van der Waals surface area contributed by atoms with Crippen molar-refractivity contribution >= 4 is 21.8 Å². The van der Waals surface area contributed by atoms with Crippen molar-refractivity contribution in [3.05, 3.63) is 59.2 Å². The highest BCUT2D eigenvalue weighted by atomic mass is 79.9. The molecule has 0 aromatic heterocycles. The molecular formula is C20H19BrF3NO. The van der Waals surface area contributed by atoms with Gasteiger partial charge in [-0.05, 0) is 34.2 Å². The van der Waals surface area contributed by atoms with Crippen LogP contribution in [0.15, 0.2) is 42.5 Å². The molecule has 2 nitrogen and oxygen atoms in total. The summed E-state index contributed by atoms with van der Waals surface area (Å²) in [5.74, 6) is -1.34. The number of hydrogen-bond acceptors (Lipinski definition) is 1. The lowest BCUT2D eigenvalue weighted by Crippen LogP contribution is -2.37. The molecular weight excluding hydrogens is 407 g/mol. The molecule has 2 aromatic rings. The maximum absolute atomic E-state index is 12.7. The zero-order chi connectivity index (χ0) is 18.9. The number of nitrogens with one attached hydrogen (secondary N) is 1. The highest BCUT2D eigenvalue weighted by Crippen LogP contribution is 2.49. The lowest BCUT2D eigenvalue weighted by molar-refractivity contribution is -0.138. The topological polar surface area (TPSA) is 29.1 Å². The monoisotopic (exact) mass is 425 g/mol. The van der Waals surface area contributed by atoms with Crippen molar-refractivity contribution in [1.29, 1.82) is 0 Å². The number of carbonyl (C=O) groups is 1. The third-order valence-electron chi connectivity index (χ3n) is 4.60. The SMILES string of the molecule is CCCC(Br)c1cccc2c1C(C(=O)NCC(F)(F)F)c1ccccc1-2. The first-order valence-electron chi connectivity index (χ1n) is 8.54. The molecule has 2 unspecified atom stereocenters. The van der Waals surface area contributed by atoms with E-state index >= 15 is 0 Å². The van der Waals surface area contributed by atoms with Crippen molar-refractivity contribution in [3.8, 4) is 11.1 Å². The maximum Gasteiger partial charge on any atom is 0.405 e. The zero-order valence-electron chi connectivity index (χ0n) is 14.2. The zero-order valence-corrected chi connectivity index (χ0v) is 15.8. The molecule has 3 rings (SSSR count). The van der Waals surface area contributed by atoms with Gasteiger partial charge in [0, 0.05) is 4.83 Å². The molecule has 0 fully saturated rings. The largest absolute Gasteiger partial charge is 0.405 e. The molecule has 0 bridgehead atoms. The summed E-state index contributed by atoms with van der Waals surface area (Å²) in [4.78, 5) is 12.8. The molecule has 0 heterocycles. The van der Waals surface area contributed by atoms with E-state index in [0.717, 1.165) is 40.7 Å². The van der Waals surface area contributed by atoms with Crippen molar-refractivity contribution in [2.75, 3.05) is 6.54 Å². The first kappa shape index (κ1) is 19.0. The Kier molecular flexibility index (Phi) is 5.42. The number of halogens is 4. The summed E-state index contributed by atoms with van der Waals surface area (Å²) in [6.45, 7) is 0.744. The molecule has 0 saturated heterocycles. The van der Waals surface area contributed by atoms with Gasteiger partial charge in [-0.25, -0.2) is 0 Å². The van der Waals surface area contributed by atoms with E-state index in [1.807, 2.05) is 42.5 Å². The number of benzene rings is 2. The number of alkyl halides is 4. The average molecular weight is 426 g/mol. The van der Waals surface area contributed by atoms with Crippen molar-refractivity contribution in [2.45, 2.75) is 36.7 Å². The number of hydrogen-bond donors (Lipinski definition) is 1. The van der Waals surface area contributed by atoms with Gasteiger partial charge in [0.2, 0.25) is 5.91 Å². The highest BCUT2D eigenvalue weighted by molar-refractivity contribution is 9.09. The van der Waals surface area contributed by atoms with Crippen LogP contribution in [0.4, 0.5) is 13.2 Å². The minimum atomic E-state index is -4.43. The Morgan fingerprint density at radius 3 is 2.54 bits per heavy atom. The van der Waals surface area contributed by atoms with E-state index in [-0.39, 0.29) is 4.83 Å². The second-order valence-corrected chi connectivity index (χ2v) is 7.52. The average Bonchev–Trinajstić information content (AvgIpc) is 2.94. The second-order valence-electron chi connectivity index (χ2n) is 6.42. The van der Waals surface area contributed by atoms with Crippen molar-refractivity contribution in [3.63, 3.8) is 0 Å². The van der Waals surface area contributed by atoms with E-state index in [1.165, 1.54) is 0 Å². The summed E-state index contributed by atoms with van der Waals surface area (Å²) < 4.78 is 37.7. The Bertz CT molecular complexity index is 819. The molecule has 6 heteroatoms. The normalized spacial score (nSPS) is 16.7. The van der Waals surface area contributed by atoms with Crippen molar-refractivity contribution in [2.24, 2.45) is 0 Å². The third-order valence-corrected chi connectivity index (χ3v) is 5.55. The Balaban J connectivity index is 2.07. The van der Waals surface area contributed by atoms with Gasteiger partial charge in [-0.1, -0.05) is 71.7 Å². The van der Waals surface area contributed by atoms with Crippen LogP contribution in [0.5, 0.6) is 0 Å². The summed E-state index contributed by atoms with van der Waals surface area (Å²) in [7, 11) is 0. The van der Waals surface area contributed by atoms with Crippen LogP contribution in [0.3, 0.4) is 0 Å². The van der Waals surface area contributed by atoms with Gasteiger partial charge in [0.15, 0.2) is 0 Å². The van der Waals surface area contributed by atoms with Crippen LogP contribution >= 0.6 is 15.9 Å². The minimum absolute atomic E-state index is 0.0506. The maximum atomic E-state index is 12.7. The Morgan fingerprint density at radius 1 is 1.15 bits per heavy atom. The van der Waals surface area contributed by atoms with Crippen LogP contribution in [-0.2, 0) is 4.79 Å². The van der Waals surface area contributed by atoms with E-state index in [0.29, 0.717) is 0 Å². The summed E-state index contributed by atoms with van der Waals surface area (Å²) in [6, 6.07) is 13.2. The predicted molar refractivity (Wildman–Crippen MR) is 99.4 cm³/mol. The lowest BCUT2D eigenvalue weighted by atomic mass is 9.90. The first-order valence-corrected chi connectivity index (χ1v) is 9.45. The number of carbonyl (C=O) groups excluding carboxylic acids is 1. The Labute approximate surface area is 158 Å². The Morgan fingerprint density at radius 2 is 1.85 bits per heavy atom. The molecule has 1 amide bonds. The highest BCUT2D eigenvalue weighted by Gasteiger charge is 2.38. The van der Waals surface area contributed by atoms with Crippen LogP contribution in [0, 0.1) is 0 Å². The number of fused-ring (bicyclic) bond motifs is 3. The molecule has 2 atom stereocenters. The summed E-state index contributed by atoms with van der Waals surface area (Å²) in [6.07, 6.45) is -2.60. The van der Waals surface area contributed by atoms with E-state index in [4.69, 9.17) is 0 Å². The lowest BCUT2D eigenvalue weighted by Gasteiger charge is -2.20. The molecule has 1 N–H and O–H groups in total. The smallest absolute Gasteiger partial charge is 0.346 e. The van der Waals surface area contributed by atoms with Gasteiger partial charge in [0.25, 0.3) is 0 Å². The van der Waals surface area contributed by atoms with E-state index < -0.39 is 24.5 Å². The molecule has 2 aromatic carbocycles. The van der Waals surface area contributed by atoms with E-state index in [9.17, 15) is 18.0 Å². The standard InChI is InChI=1S/C20H19BrF3NO/c1-2-6-16(21)15-10-5-9-13-12-7-3-4-8-14(12)18(17(13)15)19(26)25-11-20(22,23)24/h3-5,7-10,16,18H,2,6,11H2,1H3,(H,25,26). The molecule has 138 valence electrons. The minimum Gasteiger partial charge on any atom is -0.346 e. The van der Waals surface area contributed by atoms with Gasteiger partial charge in [0.05, 0.1) is 5.92 Å². The van der Waals surface area contributed by atoms with Gasteiger partial charge in [0.1, 0.15) is 6.54 Å². The first-order chi connectivity index (χ1) is 12.3. The second kappa shape index (κ2) is 7.43. The number of amides is 1. The van der Waals surface area contributed by atoms with E-state index in [1.54, 1.807) is 0 Å². The van der Waals surface area contributed by atoms with Gasteiger partial charge in [-0.3, -0.25) is 4.79 Å². The van der Waals surface area contributed by atoms with Gasteiger partial charge >= 0.3 is 6.18 Å². The molecule has 26 heavy (non-hydrogen) atoms. The van der Waals surface area contributed by atoms with Crippen LogP contribution < -0.4 is 5.32 Å². The molecule has 0 aliphatic heterocycles. The van der Waals surface area contributed by atoms with Crippen molar-refractivity contribution in [1.82, 2.24) is 5.32 Å². The summed E-state index contributed by atoms with van der Waals surface area (Å²) >= 11 is 3.68. The third kappa shape index (κ3) is 3.65. The molecule has 0 saturated carbocycles.